The lowest BCUT2D eigenvalue weighted by molar-refractivity contribution is -0.384. The highest BCUT2D eigenvalue weighted by atomic mass is 35.5. The second kappa shape index (κ2) is 9.36. The Kier molecular flexibility index (Phi) is 6.35. The first-order chi connectivity index (χ1) is 15.8. The van der Waals surface area contributed by atoms with Crippen molar-refractivity contribution >= 4 is 51.5 Å². The van der Waals surface area contributed by atoms with E-state index in [9.17, 15) is 19.7 Å². The van der Waals surface area contributed by atoms with Gasteiger partial charge in [0, 0.05) is 33.7 Å². The number of pyridine rings is 1. The molecular weight excluding hydrogens is 467 g/mol. The molecule has 164 valence electrons. The van der Waals surface area contributed by atoms with Gasteiger partial charge in [-0.1, -0.05) is 53.5 Å². The van der Waals surface area contributed by atoms with Crippen LogP contribution in [0.2, 0.25) is 10.0 Å². The molecule has 0 saturated carbocycles. The molecule has 33 heavy (non-hydrogen) atoms. The Bertz CT molecular complexity index is 1420. The van der Waals surface area contributed by atoms with E-state index in [1.807, 2.05) is 0 Å². The number of halogens is 2. The summed E-state index contributed by atoms with van der Waals surface area (Å²) in [5, 5.41) is 12.3. The van der Waals surface area contributed by atoms with Crippen molar-refractivity contribution in [2.45, 2.75) is 0 Å². The summed E-state index contributed by atoms with van der Waals surface area (Å²) in [6.07, 6.45) is 0. The fourth-order valence-electron chi connectivity index (χ4n) is 3.26. The molecule has 0 amide bonds. The summed E-state index contributed by atoms with van der Waals surface area (Å²) in [6.45, 7) is -0.576. The molecule has 0 unspecified atom stereocenters. The third-order valence-corrected chi connectivity index (χ3v) is 5.40. The lowest BCUT2D eigenvalue weighted by Crippen LogP contribution is -2.15. The number of esters is 1. The summed E-state index contributed by atoms with van der Waals surface area (Å²) in [5.41, 5.74) is 1.61. The average molecular weight is 481 g/mol. The number of para-hydroxylation sites is 1. The van der Waals surface area contributed by atoms with Crippen LogP contribution >= 0.6 is 23.2 Å². The van der Waals surface area contributed by atoms with Crippen LogP contribution in [0, 0.1) is 10.1 Å². The lowest BCUT2D eigenvalue weighted by Gasteiger charge is -2.11. The number of aromatic nitrogens is 1. The van der Waals surface area contributed by atoms with Gasteiger partial charge in [-0.15, -0.1) is 0 Å². The number of ether oxygens (including phenoxy) is 1. The van der Waals surface area contributed by atoms with Gasteiger partial charge in [0.15, 0.2) is 6.61 Å². The highest BCUT2D eigenvalue weighted by molar-refractivity contribution is 6.36. The molecule has 4 rings (SSSR count). The van der Waals surface area contributed by atoms with E-state index < -0.39 is 23.3 Å². The maximum atomic E-state index is 12.9. The van der Waals surface area contributed by atoms with Crippen molar-refractivity contribution in [3.8, 4) is 11.3 Å². The van der Waals surface area contributed by atoms with E-state index in [1.54, 1.807) is 42.5 Å². The Morgan fingerprint density at radius 3 is 2.52 bits per heavy atom. The molecule has 0 aliphatic rings. The van der Waals surface area contributed by atoms with Gasteiger partial charge in [0.1, 0.15) is 0 Å². The number of ketones is 1. The number of nitro groups is 1. The van der Waals surface area contributed by atoms with Crippen molar-refractivity contribution in [3.63, 3.8) is 0 Å². The van der Waals surface area contributed by atoms with Gasteiger partial charge in [0.05, 0.1) is 26.7 Å². The van der Waals surface area contributed by atoms with Crippen molar-refractivity contribution < 1.29 is 19.2 Å². The van der Waals surface area contributed by atoms with Gasteiger partial charge in [-0.25, -0.2) is 9.78 Å². The normalized spacial score (nSPS) is 10.7. The monoisotopic (exact) mass is 480 g/mol. The van der Waals surface area contributed by atoms with E-state index in [2.05, 4.69) is 4.98 Å². The molecule has 0 bridgehead atoms. The molecule has 0 fully saturated rings. The zero-order chi connectivity index (χ0) is 23.5. The first kappa shape index (κ1) is 22.4. The zero-order valence-electron chi connectivity index (χ0n) is 16.8. The molecule has 1 aromatic heterocycles. The summed E-state index contributed by atoms with van der Waals surface area (Å²) in [5.74, 6) is -1.30. The van der Waals surface area contributed by atoms with Crippen LogP contribution in [0.3, 0.4) is 0 Å². The van der Waals surface area contributed by atoms with Crippen LogP contribution in [0.15, 0.2) is 72.8 Å². The second-order valence-corrected chi connectivity index (χ2v) is 7.85. The van der Waals surface area contributed by atoms with Crippen LogP contribution in [0.5, 0.6) is 0 Å². The third-order valence-electron chi connectivity index (χ3n) is 4.86. The van der Waals surface area contributed by atoms with Gasteiger partial charge in [-0.3, -0.25) is 14.9 Å². The number of benzene rings is 3. The van der Waals surface area contributed by atoms with Crippen LogP contribution < -0.4 is 0 Å². The number of hydrogen-bond donors (Lipinski definition) is 0. The molecule has 4 aromatic rings. The SMILES string of the molecule is O=C(COC(=O)c1cc(-c2ccc(Cl)cc2Cl)nc2ccccc12)c1cccc([N+](=O)[O-])c1. The Hall–Kier alpha value is -3.81. The number of fused-ring (bicyclic) bond motifs is 1. The highest BCUT2D eigenvalue weighted by Gasteiger charge is 2.19. The second-order valence-electron chi connectivity index (χ2n) is 7.00. The molecule has 0 aliphatic carbocycles. The molecule has 0 saturated heterocycles. The van der Waals surface area contributed by atoms with E-state index in [0.717, 1.165) is 6.07 Å². The molecule has 0 atom stereocenters. The molecule has 0 aliphatic heterocycles. The molecule has 0 N–H and O–H groups in total. The largest absolute Gasteiger partial charge is 0.454 e. The van der Waals surface area contributed by atoms with Crippen molar-refractivity contribution in [1.82, 2.24) is 4.98 Å². The maximum Gasteiger partial charge on any atom is 0.339 e. The van der Waals surface area contributed by atoms with Gasteiger partial charge in [-0.05, 0) is 30.3 Å². The smallest absolute Gasteiger partial charge is 0.339 e. The van der Waals surface area contributed by atoms with E-state index in [0.29, 0.717) is 32.2 Å². The van der Waals surface area contributed by atoms with E-state index in [4.69, 9.17) is 27.9 Å². The van der Waals surface area contributed by atoms with Crippen LogP contribution in [-0.4, -0.2) is 28.3 Å². The van der Waals surface area contributed by atoms with Crippen LogP contribution in [-0.2, 0) is 4.74 Å². The number of non-ortho nitro benzene ring substituents is 1. The first-order valence-electron chi connectivity index (χ1n) is 9.63. The lowest BCUT2D eigenvalue weighted by atomic mass is 10.0. The maximum absolute atomic E-state index is 12.9. The van der Waals surface area contributed by atoms with Gasteiger partial charge < -0.3 is 4.74 Å². The van der Waals surface area contributed by atoms with E-state index in [1.165, 1.54) is 24.3 Å². The number of nitro benzene ring substituents is 1. The van der Waals surface area contributed by atoms with E-state index >= 15 is 0 Å². The van der Waals surface area contributed by atoms with Crippen LogP contribution in [0.4, 0.5) is 5.69 Å². The van der Waals surface area contributed by atoms with Gasteiger partial charge in [-0.2, -0.15) is 0 Å². The highest BCUT2D eigenvalue weighted by Crippen LogP contribution is 2.32. The summed E-state index contributed by atoms with van der Waals surface area (Å²) in [7, 11) is 0. The Morgan fingerprint density at radius 1 is 0.970 bits per heavy atom. The first-order valence-corrected chi connectivity index (χ1v) is 10.4. The zero-order valence-corrected chi connectivity index (χ0v) is 18.3. The topological polar surface area (TPSA) is 99.4 Å². The van der Waals surface area contributed by atoms with Crippen molar-refractivity contribution in [2.24, 2.45) is 0 Å². The van der Waals surface area contributed by atoms with Gasteiger partial charge in [0.2, 0.25) is 5.78 Å². The summed E-state index contributed by atoms with van der Waals surface area (Å²) in [4.78, 5) is 40.3. The van der Waals surface area contributed by atoms with Crippen molar-refractivity contribution in [3.05, 3.63) is 104 Å². The Labute approximate surface area is 197 Å². The van der Waals surface area contributed by atoms with Crippen molar-refractivity contribution in [1.29, 1.82) is 0 Å². The summed E-state index contributed by atoms with van der Waals surface area (Å²) < 4.78 is 5.25. The van der Waals surface area contributed by atoms with E-state index in [-0.39, 0.29) is 16.8 Å². The number of carbonyl (C=O) groups excluding carboxylic acids is 2. The average Bonchev–Trinajstić information content (AvgIpc) is 2.81. The minimum absolute atomic E-state index is 0.0743. The molecule has 0 spiro atoms. The van der Waals surface area contributed by atoms with Crippen LogP contribution in [0.1, 0.15) is 20.7 Å². The van der Waals surface area contributed by atoms with Gasteiger partial charge >= 0.3 is 5.97 Å². The van der Waals surface area contributed by atoms with Crippen LogP contribution in [0.25, 0.3) is 22.2 Å². The fraction of sp³-hybridized carbons (Fsp3) is 0.0417. The molecular formula is C24H14Cl2N2O5. The predicted octanol–water partition coefficient (Wildman–Crippen LogP) is 6.16. The number of Topliss-reactive ketones (excluding diaryl/α,β-unsaturated/α-hetero) is 1. The molecule has 9 heteroatoms. The van der Waals surface area contributed by atoms with Gasteiger partial charge in [0.25, 0.3) is 5.69 Å². The van der Waals surface area contributed by atoms with Crippen molar-refractivity contribution in [2.75, 3.05) is 6.61 Å². The number of hydrogen-bond acceptors (Lipinski definition) is 6. The Morgan fingerprint density at radius 2 is 1.76 bits per heavy atom. The molecule has 0 radical (unpaired) electrons. The summed E-state index contributed by atoms with van der Waals surface area (Å²) >= 11 is 12.3. The standard InChI is InChI=1S/C24H14Cl2N2O5/c25-15-8-9-18(20(26)11-15)22-12-19(17-6-1-2-7-21(17)27-22)24(30)33-13-23(29)14-4-3-5-16(10-14)28(31)32/h1-12H,13H2. The number of nitrogens with zero attached hydrogens (tertiary/aromatic N) is 2. The quantitative estimate of drug-likeness (QED) is 0.142. The summed E-state index contributed by atoms with van der Waals surface area (Å²) in [6, 6.07) is 18.7. The number of carbonyl (C=O) groups is 2. The fourth-order valence-corrected chi connectivity index (χ4v) is 3.77. The minimum atomic E-state index is -0.737. The molecule has 7 nitrogen and oxygen atoms in total. The Balaban J connectivity index is 1.64. The number of rotatable bonds is 6. The minimum Gasteiger partial charge on any atom is -0.454 e. The third kappa shape index (κ3) is 4.84. The molecule has 3 aromatic carbocycles. The predicted molar refractivity (Wildman–Crippen MR) is 125 cm³/mol. The molecule has 1 heterocycles.